The molecule has 4 nitrogen and oxygen atoms in total. The van der Waals surface area contributed by atoms with Gasteiger partial charge < -0.3 is 15.8 Å². The van der Waals surface area contributed by atoms with Crippen molar-refractivity contribution >= 4 is 5.91 Å². The van der Waals surface area contributed by atoms with Gasteiger partial charge in [-0.15, -0.1) is 0 Å². The maximum absolute atomic E-state index is 12.4. The third-order valence-corrected chi connectivity index (χ3v) is 4.25. The second kappa shape index (κ2) is 8.80. The lowest BCUT2D eigenvalue weighted by atomic mass is 9.81. The third-order valence-electron chi connectivity index (χ3n) is 4.25. The highest BCUT2D eigenvalue weighted by Crippen LogP contribution is 2.25. The van der Waals surface area contributed by atoms with Crippen LogP contribution in [0, 0.1) is 5.41 Å². The number of hydrogen-bond donors (Lipinski definition) is 2. The van der Waals surface area contributed by atoms with Crippen molar-refractivity contribution in [2.24, 2.45) is 11.1 Å². The lowest BCUT2D eigenvalue weighted by Crippen LogP contribution is -2.45. The highest BCUT2D eigenvalue weighted by atomic mass is 16.5. The summed E-state index contributed by atoms with van der Waals surface area (Å²) < 4.78 is 5.47. The van der Waals surface area contributed by atoms with Gasteiger partial charge in [0.05, 0.1) is 12.0 Å². The highest BCUT2D eigenvalue weighted by molar-refractivity contribution is 5.82. The van der Waals surface area contributed by atoms with Gasteiger partial charge in [0, 0.05) is 19.7 Å². The molecule has 0 aliphatic carbocycles. The fourth-order valence-corrected chi connectivity index (χ4v) is 2.40. The van der Waals surface area contributed by atoms with E-state index in [9.17, 15) is 4.79 Å². The van der Waals surface area contributed by atoms with Crippen molar-refractivity contribution in [2.75, 3.05) is 13.2 Å². The lowest BCUT2D eigenvalue weighted by molar-refractivity contribution is -0.131. The van der Waals surface area contributed by atoms with Crippen LogP contribution >= 0.6 is 0 Å². The van der Waals surface area contributed by atoms with Crippen LogP contribution < -0.4 is 11.1 Å². The zero-order valence-corrected chi connectivity index (χ0v) is 13.4. The number of nitrogens with one attached hydrogen (secondary N) is 1. The minimum atomic E-state index is -0.450. The number of hydrogen-bond acceptors (Lipinski definition) is 3. The number of carbonyl (C=O) groups excluding carboxylic acids is 1. The molecule has 0 unspecified atom stereocenters. The molecular formula is C17H28N2O2. The van der Waals surface area contributed by atoms with Crippen molar-refractivity contribution in [3.05, 3.63) is 35.4 Å². The molecular weight excluding hydrogens is 264 g/mol. The van der Waals surface area contributed by atoms with E-state index < -0.39 is 5.41 Å². The summed E-state index contributed by atoms with van der Waals surface area (Å²) >= 11 is 0. The van der Waals surface area contributed by atoms with Crippen molar-refractivity contribution in [3.8, 4) is 0 Å². The average Bonchev–Trinajstić information content (AvgIpc) is 2.53. The Labute approximate surface area is 128 Å². The van der Waals surface area contributed by atoms with Crippen LogP contribution in [0.2, 0.25) is 0 Å². The van der Waals surface area contributed by atoms with Crippen molar-refractivity contribution < 1.29 is 9.53 Å². The smallest absolute Gasteiger partial charge is 0.227 e. The molecule has 3 N–H and O–H groups in total. The summed E-state index contributed by atoms with van der Waals surface area (Å²) in [6, 6.07) is 8.03. The molecule has 0 bridgehead atoms. The van der Waals surface area contributed by atoms with Gasteiger partial charge in [0.1, 0.15) is 0 Å². The molecule has 4 heteroatoms. The van der Waals surface area contributed by atoms with E-state index in [-0.39, 0.29) is 5.91 Å². The predicted octanol–water partition coefficient (Wildman–Crippen LogP) is 2.60. The van der Waals surface area contributed by atoms with Crippen molar-refractivity contribution in [1.29, 1.82) is 0 Å². The van der Waals surface area contributed by atoms with Crippen LogP contribution in [0.25, 0.3) is 0 Å². The normalized spacial score (nSPS) is 11.4. The summed E-state index contributed by atoms with van der Waals surface area (Å²) in [5.41, 5.74) is 7.58. The van der Waals surface area contributed by atoms with Crippen LogP contribution in [0.1, 0.15) is 44.7 Å². The molecule has 1 rings (SSSR count). The van der Waals surface area contributed by atoms with Crippen LogP contribution in [0.15, 0.2) is 24.3 Å². The Balaban J connectivity index is 2.72. The Kier molecular flexibility index (Phi) is 7.40. The number of ether oxygens (including phenoxy) is 1. The summed E-state index contributed by atoms with van der Waals surface area (Å²) in [5.74, 6) is 0.0428. The quantitative estimate of drug-likeness (QED) is 0.735. The molecule has 0 heterocycles. The molecule has 0 radical (unpaired) electrons. The van der Waals surface area contributed by atoms with Gasteiger partial charge in [0.2, 0.25) is 5.91 Å². The Hall–Kier alpha value is -1.39. The second-order valence-electron chi connectivity index (χ2n) is 5.28. The molecule has 0 aliphatic rings. The van der Waals surface area contributed by atoms with Crippen LogP contribution in [0.3, 0.4) is 0 Å². The van der Waals surface area contributed by atoms with E-state index in [1.807, 2.05) is 45.0 Å². The first-order valence-electron chi connectivity index (χ1n) is 7.76. The Morgan fingerprint density at radius 2 is 1.81 bits per heavy atom. The minimum Gasteiger partial charge on any atom is -0.377 e. The number of nitrogens with two attached hydrogens (primary N) is 1. The lowest BCUT2D eigenvalue weighted by Gasteiger charge is -2.28. The molecule has 1 amide bonds. The van der Waals surface area contributed by atoms with E-state index in [0.29, 0.717) is 26.3 Å². The van der Waals surface area contributed by atoms with Crippen LogP contribution in [-0.4, -0.2) is 19.1 Å². The van der Waals surface area contributed by atoms with Gasteiger partial charge in [0.15, 0.2) is 0 Å². The largest absolute Gasteiger partial charge is 0.377 e. The zero-order chi connectivity index (χ0) is 15.7. The van der Waals surface area contributed by atoms with Gasteiger partial charge in [-0.05, 0) is 30.9 Å². The summed E-state index contributed by atoms with van der Waals surface area (Å²) in [7, 11) is 0. The fraction of sp³-hybridized carbons (Fsp3) is 0.588. The van der Waals surface area contributed by atoms with E-state index in [0.717, 1.165) is 24.0 Å². The summed E-state index contributed by atoms with van der Waals surface area (Å²) in [4.78, 5) is 12.4. The van der Waals surface area contributed by atoms with Gasteiger partial charge in [-0.25, -0.2) is 0 Å². The average molecular weight is 292 g/mol. The molecule has 0 fully saturated rings. The van der Waals surface area contributed by atoms with Gasteiger partial charge in [-0.2, -0.15) is 0 Å². The minimum absolute atomic E-state index is 0.0428. The molecule has 0 atom stereocenters. The first-order chi connectivity index (χ1) is 10.1. The van der Waals surface area contributed by atoms with Crippen molar-refractivity contribution in [1.82, 2.24) is 5.32 Å². The van der Waals surface area contributed by atoms with Gasteiger partial charge in [-0.3, -0.25) is 4.79 Å². The van der Waals surface area contributed by atoms with Crippen LogP contribution in [-0.2, 0) is 22.7 Å². The molecule has 118 valence electrons. The third kappa shape index (κ3) is 4.55. The van der Waals surface area contributed by atoms with Gasteiger partial charge >= 0.3 is 0 Å². The van der Waals surface area contributed by atoms with Crippen LogP contribution in [0.5, 0.6) is 0 Å². The molecule has 0 saturated heterocycles. The molecule has 0 spiro atoms. The highest BCUT2D eigenvalue weighted by Gasteiger charge is 2.32. The molecule has 0 saturated carbocycles. The topological polar surface area (TPSA) is 64.3 Å². The van der Waals surface area contributed by atoms with Crippen molar-refractivity contribution in [2.45, 2.75) is 46.8 Å². The van der Waals surface area contributed by atoms with Gasteiger partial charge in [-0.1, -0.05) is 38.1 Å². The number of rotatable bonds is 9. The number of benzene rings is 1. The Morgan fingerprint density at radius 1 is 1.19 bits per heavy atom. The number of carbonyl (C=O) groups is 1. The van der Waals surface area contributed by atoms with Gasteiger partial charge in [0.25, 0.3) is 0 Å². The SMILES string of the molecule is CCOCc1ccccc1CNC(=O)C(CC)(CC)CN. The Bertz CT molecular complexity index is 434. The molecule has 21 heavy (non-hydrogen) atoms. The van der Waals surface area contributed by atoms with E-state index in [1.165, 1.54) is 0 Å². The Morgan fingerprint density at radius 3 is 2.33 bits per heavy atom. The molecule has 1 aromatic rings. The molecule has 1 aromatic carbocycles. The summed E-state index contributed by atoms with van der Waals surface area (Å²) in [5, 5.41) is 3.03. The first-order valence-corrected chi connectivity index (χ1v) is 7.76. The van der Waals surface area contributed by atoms with E-state index in [4.69, 9.17) is 10.5 Å². The number of amides is 1. The molecule has 0 aliphatic heterocycles. The predicted molar refractivity (Wildman–Crippen MR) is 85.7 cm³/mol. The summed E-state index contributed by atoms with van der Waals surface area (Å²) in [6.07, 6.45) is 1.51. The fourth-order valence-electron chi connectivity index (χ4n) is 2.40. The van der Waals surface area contributed by atoms with E-state index in [1.54, 1.807) is 0 Å². The molecule has 0 aromatic heterocycles. The maximum Gasteiger partial charge on any atom is 0.227 e. The standard InChI is InChI=1S/C17H28N2O2/c1-4-17(5-2,13-18)16(20)19-11-14-9-7-8-10-15(14)12-21-6-3/h7-10H,4-6,11-13,18H2,1-3H3,(H,19,20). The second-order valence-corrected chi connectivity index (χ2v) is 5.28. The van der Waals surface area contributed by atoms with E-state index >= 15 is 0 Å². The monoisotopic (exact) mass is 292 g/mol. The maximum atomic E-state index is 12.4. The van der Waals surface area contributed by atoms with E-state index in [2.05, 4.69) is 5.32 Å². The first kappa shape index (κ1) is 17.7. The van der Waals surface area contributed by atoms with Crippen LogP contribution in [0.4, 0.5) is 0 Å². The summed E-state index contributed by atoms with van der Waals surface area (Å²) in [6.45, 7) is 8.16. The van der Waals surface area contributed by atoms with Crippen molar-refractivity contribution in [3.63, 3.8) is 0 Å². The zero-order valence-electron chi connectivity index (χ0n) is 13.4.